The number of halogens is 1. The molecule has 0 aromatic heterocycles. The molecule has 2 amide bonds. The Morgan fingerprint density at radius 1 is 0.557 bits per heavy atom. The van der Waals surface area contributed by atoms with Crippen molar-refractivity contribution in [2.45, 2.75) is 48.7 Å². The number of ether oxygens (including phenoxy) is 3. The third-order valence-corrected chi connectivity index (χ3v) is 11.6. The number of aliphatic hydroxyl groups is 2. The van der Waals surface area contributed by atoms with Crippen LogP contribution in [0.5, 0.6) is 0 Å². The van der Waals surface area contributed by atoms with Crippen molar-refractivity contribution in [1.82, 2.24) is 10.6 Å². The number of fused-ring (bicyclic) bond motifs is 6. The second-order valence-corrected chi connectivity index (χ2v) is 15.9. The minimum atomic E-state index is -1.21. The molecule has 6 aromatic rings. The van der Waals surface area contributed by atoms with E-state index in [1.807, 2.05) is 133 Å². The summed E-state index contributed by atoms with van der Waals surface area (Å²) in [5.74, 6) is -1.98. The second-order valence-electron chi connectivity index (χ2n) is 15.3. The average Bonchev–Trinajstić information content (AvgIpc) is 3.89. The molecule has 6 aromatic carbocycles. The molecule has 15 nitrogen and oxygen atoms in total. The molecule has 2 aliphatic rings. The Bertz CT molecular complexity index is 2500. The molecule has 0 radical (unpaired) electrons. The molecule has 70 heavy (non-hydrogen) atoms. The van der Waals surface area contributed by atoms with Gasteiger partial charge in [-0.3, -0.25) is 4.79 Å². The number of nitrogens with one attached hydrogen (secondary N) is 2. The van der Waals surface area contributed by atoms with Gasteiger partial charge in [0.1, 0.15) is 31.9 Å². The van der Waals surface area contributed by atoms with E-state index in [0.717, 1.165) is 55.4 Å². The van der Waals surface area contributed by atoms with Gasteiger partial charge in [0.2, 0.25) is 0 Å². The van der Waals surface area contributed by atoms with Gasteiger partial charge in [-0.2, -0.15) is 0 Å². The summed E-state index contributed by atoms with van der Waals surface area (Å²) in [6, 6.07) is 49.4. The predicted octanol–water partition coefficient (Wildman–Crippen LogP) is 4.40. The van der Waals surface area contributed by atoms with Crippen molar-refractivity contribution in [3.8, 4) is 22.3 Å². The van der Waals surface area contributed by atoms with Gasteiger partial charge in [0.15, 0.2) is 0 Å². The zero-order chi connectivity index (χ0) is 49.4. The second kappa shape index (κ2) is 30.3. The first-order chi connectivity index (χ1) is 33.6. The number of amides is 2. The predicted molar refractivity (Wildman–Crippen MR) is 257 cm³/mol. The van der Waals surface area contributed by atoms with Gasteiger partial charge < -0.3 is 50.3 Å². The van der Waals surface area contributed by atoms with Crippen molar-refractivity contribution in [2.75, 3.05) is 26.4 Å². The summed E-state index contributed by atoms with van der Waals surface area (Å²) in [7, 11) is 0. The topological polar surface area (TPSA) is 230 Å². The number of carbonyl (C=O) groups is 5. The van der Waals surface area contributed by atoms with E-state index in [-0.39, 0.29) is 93.7 Å². The van der Waals surface area contributed by atoms with Crippen molar-refractivity contribution in [1.29, 1.82) is 0 Å². The van der Waals surface area contributed by atoms with Crippen LogP contribution in [0, 0.1) is 0 Å². The number of carboxylic acids is 1. The Kier molecular flexibility index (Phi) is 24.3. The van der Waals surface area contributed by atoms with Gasteiger partial charge in [-0.25, -0.2) is 19.2 Å². The van der Waals surface area contributed by atoms with E-state index in [1.54, 1.807) is 0 Å². The van der Waals surface area contributed by atoms with E-state index in [4.69, 9.17) is 34.5 Å². The fraction of sp³-hybridized carbons (Fsp3) is 0.226. The zero-order valence-corrected chi connectivity index (χ0v) is 41.9. The number of rotatable bonds is 16. The van der Waals surface area contributed by atoms with Gasteiger partial charge in [-0.15, -0.1) is 0 Å². The molecule has 0 saturated carbocycles. The Morgan fingerprint density at radius 2 is 0.900 bits per heavy atom. The number of carbonyl (C=O) groups excluding carboxylic acids is 4. The van der Waals surface area contributed by atoms with Crippen molar-refractivity contribution in [2.24, 2.45) is 0 Å². The van der Waals surface area contributed by atoms with Crippen LogP contribution in [0.1, 0.15) is 58.1 Å². The molecule has 0 heterocycles. The molecule has 2 aliphatic carbocycles. The SMILES string of the molecule is BrCc1ccccc1.O=C(NC(CCO)C(=O)O)OCC1c2ccccc2-c2ccccc21.O=C(NC(CCO)C(=O)OCc1ccccc1)OCC1c2ccccc2-c2ccccc21.O=CO[O-].[Na+]. The number of aliphatic carboxylic acids is 1. The first-order valence-corrected chi connectivity index (χ1v) is 23.0. The number of alkyl halides is 1. The summed E-state index contributed by atoms with van der Waals surface area (Å²) >= 11 is 3.36. The van der Waals surface area contributed by atoms with Crippen LogP contribution in [0.15, 0.2) is 158 Å². The van der Waals surface area contributed by atoms with Crippen molar-refractivity contribution < 1.29 is 93.2 Å². The zero-order valence-electron chi connectivity index (χ0n) is 38.4. The number of carboxylic acid groups (broad SMARTS) is 1. The van der Waals surface area contributed by atoms with Gasteiger partial charge in [0, 0.05) is 43.2 Å². The summed E-state index contributed by atoms with van der Waals surface area (Å²) in [5.41, 5.74) is 11.1. The van der Waals surface area contributed by atoms with Crippen LogP contribution in [0.3, 0.4) is 0 Å². The van der Waals surface area contributed by atoms with E-state index in [1.165, 1.54) is 5.56 Å². The largest absolute Gasteiger partial charge is 1.00 e. The van der Waals surface area contributed by atoms with Crippen LogP contribution in [-0.4, -0.2) is 84.4 Å². The van der Waals surface area contributed by atoms with E-state index in [0.29, 0.717) is 0 Å². The van der Waals surface area contributed by atoms with Crippen LogP contribution in [0.25, 0.3) is 22.3 Å². The van der Waals surface area contributed by atoms with Crippen LogP contribution >= 0.6 is 15.9 Å². The van der Waals surface area contributed by atoms with Crippen LogP contribution in [-0.2, 0) is 45.4 Å². The fourth-order valence-corrected chi connectivity index (χ4v) is 8.10. The molecule has 0 saturated heterocycles. The van der Waals surface area contributed by atoms with Gasteiger partial charge >= 0.3 is 53.7 Å². The summed E-state index contributed by atoms with van der Waals surface area (Å²) in [5, 5.41) is 41.4. The van der Waals surface area contributed by atoms with E-state index >= 15 is 0 Å². The van der Waals surface area contributed by atoms with E-state index < -0.39 is 36.2 Å². The molecule has 17 heteroatoms. The van der Waals surface area contributed by atoms with Crippen molar-refractivity contribution in [3.63, 3.8) is 0 Å². The first kappa shape index (κ1) is 56.2. The minimum Gasteiger partial charge on any atom is -0.662 e. The molecule has 0 bridgehead atoms. The number of hydrogen-bond acceptors (Lipinski definition) is 12. The molecular weight excluding hydrogens is 975 g/mol. The van der Waals surface area contributed by atoms with Crippen molar-refractivity contribution >= 4 is 46.5 Å². The molecule has 0 aliphatic heterocycles. The molecule has 0 spiro atoms. The Balaban J connectivity index is 0.000000248. The average molecular weight is 1030 g/mol. The summed E-state index contributed by atoms with van der Waals surface area (Å²) in [6.45, 7) is -0.431. The number of aliphatic hydroxyl groups excluding tert-OH is 2. The van der Waals surface area contributed by atoms with Gasteiger partial charge in [-0.05, 0) is 55.6 Å². The van der Waals surface area contributed by atoms with E-state index in [9.17, 15) is 24.3 Å². The minimum absolute atomic E-state index is 0. The smallest absolute Gasteiger partial charge is 0.662 e. The van der Waals surface area contributed by atoms with Gasteiger partial charge in [-0.1, -0.05) is 174 Å². The maximum absolute atomic E-state index is 12.5. The van der Waals surface area contributed by atoms with E-state index in [2.05, 4.69) is 55.7 Å². The monoisotopic (exact) mass is 1030 g/mol. The van der Waals surface area contributed by atoms with Gasteiger partial charge in [0.05, 0.1) is 0 Å². The molecule has 8 rings (SSSR count). The Hall–Kier alpha value is -6.37. The fourth-order valence-electron chi connectivity index (χ4n) is 7.73. The Labute approximate surface area is 436 Å². The summed E-state index contributed by atoms with van der Waals surface area (Å²) < 4.78 is 16.1. The molecule has 0 fully saturated rings. The number of alkyl carbamates (subject to hydrolysis) is 2. The normalized spacial score (nSPS) is 12.2. The Morgan fingerprint density at radius 3 is 1.24 bits per heavy atom. The molecule has 2 atom stereocenters. The number of esters is 1. The molecular formula is C53H52BrN2NaO13. The maximum Gasteiger partial charge on any atom is 1.00 e. The van der Waals surface area contributed by atoms with Crippen molar-refractivity contribution in [3.05, 3.63) is 191 Å². The third kappa shape index (κ3) is 16.4. The number of hydrogen-bond donors (Lipinski definition) is 5. The quantitative estimate of drug-likeness (QED) is 0.0173. The third-order valence-electron chi connectivity index (χ3n) is 11.0. The standard InChI is InChI=1S/C26H25NO5.C19H19NO5.C7H7Br.CH2O3.Na/c28-15-14-24(25(29)31-16-18-8-2-1-3-9-18)27-26(30)32-17-23-21-12-6-4-10-19(21)20-11-5-7-13-22(20)23;21-10-9-17(18(22)23)20-19(24)25-11-16-14-7-3-1-5-12(14)13-6-2-4-8-15(13)16;8-6-7-4-2-1-3-5-7;2-1-4-3;/h1-13,23-24,28H,14-17H2,(H,27,30);1-8,16-17,21H,9-11H2,(H,20,24)(H,22,23);1-5H,6H2;1,3H;/q;;;;+1/p-1. The van der Waals surface area contributed by atoms with Crippen LogP contribution in [0.2, 0.25) is 0 Å². The molecule has 2 unspecified atom stereocenters. The summed E-state index contributed by atoms with van der Waals surface area (Å²) in [6.07, 6.45) is -1.55. The number of benzene rings is 6. The first-order valence-electron chi connectivity index (χ1n) is 21.8. The van der Waals surface area contributed by atoms with Gasteiger partial charge in [0.25, 0.3) is 6.47 Å². The molecule has 5 N–H and O–H groups in total. The summed E-state index contributed by atoms with van der Waals surface area (Å²) in [4.78, 5) is 59.1. The molecule has 360 valence electrons. The van der Waals surface area contributed by atoms with Crippen LogP contribution < -0.4 is 45.4 Å². The maximum atomic E-state index is 12.5. The van der Waals surface area contributed by atoms with Crippen LogP contribution in [0.4, 0.5) is 9.59 Å².